The Morgan fingerprint density at radius 3 is 2.65 bits per heavy atom. The van der Waals surface area contributed by atoms with Gasteiger partial charge in [-0.2, -0.15) is 0 Å². The average molecular weight is 231 g/mol. The molecule has 3 aromatic rings. The number of aromatic nitrogens is 1. The Kier molecular flexibility index (Phi) is 2.14. The van der Waals surface area contributed by atoms with Gasteiger partial charge in [-0.15, -0.1) is 0 Å². The zero-order valence-corrected chi connectivity index (χ0v) is 8.65. The van der Waals surface area contributed by atoms with E-state index in [2.05, 4.69) is 4.98 Å². The van der Waals surface area contributed by atoms with E-state index in [1.54, 1.807) is 18.2 Å². The SMILES string of the molecule is Fc1ccc2nc(-c3ccccc3F)oc2c1. The zero-order chi connectivity index (χ0) is 11.8. The third-order valence-corrected chi connectivity index (χ3v) is 2.45. The largest absolute Gasteiger partial charge is 0.436 e. The number of fused-ring (bicyclic) bond motifs is 1. The van der Waals surface area contributed by atoms with Crippen LogP contribution in [0.2, 0.25) is 0 Å². The summed E-state index contributed by atoms with van der Waals surface area (Å²) in [6, 6.07) is 10.2. The fourth-order valence-corrected chi connectivity index (χ4v) is 1.65. The van der Waals surface area contributed by atoms with Gasteiger partial charge >= 0.3 is 0 Å². The quantitative estimate of drug-likeness (QED) is 0.637. The van der Waals surface area contributed by atoms with E-state index in [4.69, 9.17) is 4.42 Å². The fraction of sp³-hybridized carbons (Fsp3) is 0. The zero-order valence-electron chi connectivity index (χ0n) is 8.65. The van der Waals surface area contributed by atoms with Crippen LogP contribution >= 0.6 is 0 Å². The van der Waals surface area contributed by atoms with Crippen molar-refractivity contribution in [2.45, 2.75) is 0 Å². The summed E-state index contributed by atoms with van der Waals surface area (Å²) in [4.78, 5) is 4.11. The van der Waals surface area contributed by atoms with Crippen molar-refractivity contribution in [2.24, 2.45) is 0 Å². The molecule has 2 nitrogen and oxygen atoms in total. The molecule has 0 atom stereocenters. The first-order chi connectivity index (χ1) is 8.24. The predicted molar refractivity (Wildman–Crippen MR) is 59.4 cm³/mol. The normalized spacial score (nSPS) is 10.9. The van der Waals surface area contributed by atoms with Crippen molar-refractivity contribution in [2.75, 3.05) is 0 Å². The molecule has 0 aliphatic rings. The standard InChI is InChI=1S/C13H7F2NO/c14-8-5-6-11-12(7-8)17-13(16-11)9-3-1-2-4-10(9)15/h1-7H. The lowest BCUT2D eigenvalue weighted by molar-refractivity contribution is 0.587. The molecule has 2 aromatic carbocycles. The van der Waals surface area contributed by atoms with Crippen LogP contribution in [0.4, 0.5) is 8.78 Å². The lowest BCUT2D eigenvalue weighted by Gasteiger charge is -1.95. The van der Waals surface area contributed by atoms with Crippen LogP contribution in [0.1, 0.15) is 0 Å². The average Bonchev–Trinajstić information content (AvgIpc) is 2.72. The van der Waals surface area contributed by atoms with E-state index in [9.17, 15) is 8.78 Å². The lowest BCUT2D eigenvalue weighted by atomic mass is 10.2. The highest BCUT2D eigenvalue weighted by molar-refractivity contribution is 5.76. The van der Waals surface area contributed by atoms with Gasteiger partial charge in [0.1, 0.15) is 17.2 Å². The molecular formula is C13H7F2NO. The molecule has 17 heavy (non-hydrogen) atoms. The van der Waals surface area contributed by atoms with Gasteiger partial charge < -0.3 is 4.42 Å². The predicted octanol–water partition coefficient (Wildman–Crippen LogP) is 3.77. The van der Waals surface area contributed by atoms with E-state index in [1.165, 1.54) is 24.3 Å². The number of nitrogens with zero attached hydrogens (tertiary/aromatic N) is 1. The maximum absolute atomic E-state index is 13.5. The van der Waals surface area contributed by atoms with Gasteiger partial charge in [-0.05, 0) is 24.3 Å². The summed E-state index contributed by atoms with van der Waals surface area (Å²) < 4.78 is 31.8. The third-order valence-electron chi connectivity index (χ3n) is 2.45. The number of oxazole rings is 1. The van der Waals surface area contributed by atoms with E-state index in [1.807, 2.05) is 0 Å². The van der Waals surface area contributed by atoms with Gasteiger partial charge in [0.25, 0.3) is 0 Å². The minimum atomic E-state index is -0.417. The van der Waals surface area contributed by atoms with Crippen LogP contribution in [0.5, 0.6) is 0 Å². The molecule has 0 bridgehead atoms. The summed E-state index contributed by atoms with van der Waals surface area (Å²) in [5.41, 5.74) is 1.08. The molecule has 0 aliphatic carbocycles. The molecule has 0 unspecified atom stereocenters. The van der Waals surface area contributed by atoms with Crippen molar-refractivity contribution < 1.29 is 13.2 Å². The Morgan fingerprint density at radius 1 is 1.00 bits per heavy atom. The van der Waals surface area contributed by atoms with E-state index in [0.717, 1.165) is 0 Å². The number of halogens is 2. The van der Waals surface area contributed by atoms with Gasteiger partial charge in [0, 0.05) is 6.07 Å². The molecule has 84 valence electrons. The number of benzene rings is 2. The molecule has 0 saturated carbocycles. The molecule has 0 spiro atoms. The Hall–Kier alpha value is -2.23. The van der Waals surface area contributed by atoms with Crippen LogP contribution in [0, 0.1) is 11.6 Å². The molecule has 1 aromatic heterocycles. The van der Waals surface area contributed by atoms with Crippen LogP contribution in [0.15, 0.2) is 46.9 Å². The van der Waals surface area contributed by atoms with Crippen molar-refractivity contribution in [1.82, 2.24) is 4.98 Å². The van der Waals surface area contributed by atoms with Crippen LogP contribution in [0.3, 0.4) is 0 Å². The topological polar surface area (TPSA) is 26.0 Å². The molecule has 0 saturated heterocycles. The summed E-state index contributed by atoms with van der Waals surface area (Å²) in [5.74, 6) is -0.669. The first-order valence-electron chi connectivity index (χ1n) is 5.05. The van der Waals surface area contributed by atoms with Gasteiger partial charge in [-0.25, -0.2) is 13.8 Å². The van der Waals surface area contributed by atoms with Crippen LogP contribution in [0.25, 0.3) is 22.6 Å². The fourth-order valence-electron chi connectivity index (χ4n) is 1.65. The molecule has 0 amide bonds. The summed E-state index contributed by atoms with van der Waals surface area (Å²) in [5, 5.41) is 0. The molecule has 4 heteroatoms. The lowest BCUT2D eigenvalue weighted by Crippen LogP contribution is -1.82. The van der Waals surface area contributed by atoms with E-state index in [-0.39, 0.29) is 11.5 Å². The maximum atomic E-state index is 13.5. The van der Waals surface area contributed by atoms with Crippen LogP contribution < -0.4 is 0 Å². The van der Waals surface area contributed by atoms with E-state index in [0.29, 0.717) is 11.1 Å². The van der Waals surface area contributed by atoms with Gasteiger partial charge in [0.2, 0.25) is 5.89 Å². The third kappa shape index (κ3) is 1.67. The van der Waals surface area contributed by atoms with Gasteiger partial charge in [-0.1, -0.05) is 12.1 Å². The van der Waals surface area contributed by atoms with Gasteiger partial charge in [-0.3, -0.25) is 0 Å². The highest BCUT2D eigenvalue weighted by Gasteiger charge is 2.12. The molecule has 0 aliphatic heterocycles. The Labute approximate surface area is 95.5 Å². The van der Waals surface area contributed by atoms with Gasteiger partial charge in [0.15, 0.2) is 5.58 Å². The molecule has 0 fully saturated rings. The van der Waals surface area contributed by atoms with Crippen molar-refractivity contribution in [1.29, 1.82) is 0 Å². The Bertz CT molecular complexity index is 691. The maximum Gasteiger partial charge on any atom is 0.230 e. The number of hydrogen-bond donors (Lipinski definition) is 0. The van der Waals surface area contributed by atoms with E-state index >= 15 is 0 Å². The monoisotopic (exact) mass is 231 g/mol. The van der Waals surface area contributed by atoms with Crippen molar-refractivity contribution >= 4 is 11.1 Å². The summed E-state index contributed by atoms with van der Waals surface area (Å²) in [7, 11) is 0. The molecule has 0 N–H and O–H groups in total. The summed E-state index contributed by atoms with van der Waals surface area (Å²) in [6.45, 7) is 0. The second-order valence-electron chi connectivity index (χ2n) is 3.61. The van der Waals surface area contributed by atoms with Crippen LogP contribution in [-0.4, -0.2) is 4.98 Å². The number of rotatable bonds is 1. The minimum Gasteiger partial charge on any atom is -0.436 e. The van der Waals surface area contributed by atoms with Crippen LogP contribution in [-0.2, 0) is 0 Å². The Balaban J connectivity index is 2.22. The summed E-state index contributed by atoms with van der Waals surface area (Å²) >= 11 is 0. The molecular weight excluding hydrogens is 224 g/mol. The molecule has 1 heterocycles. The number of hydrogen-bond acceptors (Lipinski definition) is 2. The van der Waals surface area contributed by atoms with Crippen molar-refractivity contribution in [3.05, 3.63) is 54.1 Å². The highest BCUT2D eigenvalue weighted by Crippen LogP contribution is 2.26. The summed E-state index contributed by atoms with van der Waals surface area (Å²) in [6.07, 6.45) is 0. The second-order valence-corrected chi connectivity index (χ2v) is 3.61. The van der Waals surface area contributed by atoms with E-state index < -0.39 is 11.6 Å². The van der Waals surface area contributed by atoms with Crippen molar-refractivity contribution in [3.63, 3.8) is 0 Å². The van der Waals surface area contributed by atoms with Gasteiger partial charge in [0.05, 0.1) is 5.56 Å². The smallest absolute Gasteiger partial charge is 0.230 e. The first kappa shape index (κ1) is 9.96. The van der Waals surface area contributed by atoms with Crippen molar-refractivity contribution in [3.8, 4) is 11.5 Å². The second kappa shape index (κ2) is 3.66. The highest BCUT2D eigenvalue weighted by atomic mass is 19.1. The molecule has 0 radical (unpaired) electrons. The minimum absolute atomic E-state index is 0.156. The first-order valence-corrected chi connectivity index (χ1v) is 5.05. The molecule has 3 rings (SSSR count). The Morgan fingerprint density at radius 2 is 1.82 bits per heavy atom.